The second-order valence-corrected chi connectivity index (χ2v) is 9.33. The van der Waals surface area contributed by atoms with E-state index in [0.717, 1.165) is 41.6 Å². The Labute approximate surface area is 171 Å². The molecular formula is C22H26FN3O2S. The molecule has 0 radical (unpaired) electrons. The highest BCUT2D eigenvalue weighted by atomic mass is 32.2. The van der Waals surface area contributed by atoms with Gasteiger partial charge < -0.3 is 10.7 Å². The summed E-state index contributed by atoms with van der Waals surface area (Å²) < 4.78 is 37.9. The number of sulfone groups is 1. The van der Waals surface area contributed by atoms with Crippen LogP contribution in [0.1, 0.15) is 31.2 Å². The van der Waals surface area contributed by atoms with Gasteiger partial charge >= 0.3 is 0 Å². The minimum absolute atomic E-state index is 0.0245. The maximum atomic E-state index is 13.1. The van der Waals surface area contributed by atoms with Crippen molar-refractivity contribution < 1.29 is 12.8 Å². The Morgan fingerprint density at radius 2 is 1.72 bits per heavy atom. The Kier molecular flexibility index (Phi) is 7.17. The molecule has 0 aliphatic carbocycles. The van der Waals surface area contributed by atoms with Crippen molar-refractivity contribution in [1.82, 2.24) is 9.97 Å². The minimum Gasteiger partial charge on any atom is -0.338 e. The zero-order chi connectivity index (χ0) is 20.7. The molecule has 3 aromatic rings. The number of H-pyrrole nitrogens is 1. The van der Waals surface area contributed by atoms with Crippen LogP contribution in [0.3, 0.4) is 0 Å². The van der Waals surface area contributed by atoms with Gasteiger partial charge in [-0.25, -0.2) is 17.8 Å². The van der Waals surface area contributed by atoms with Crippen molar-refractivity contribution in [2.24, 2.45) is 5.73 Å². The molecule has 1 aromatic heterocycles. The number of hydrogen-bond acceptors (Lipinski definition) is 4. The van der Waals surface area contributed by atoms with Crippen LogP contribution in [0.15, 0.2) is 54.7 Å². The van der Waals surface area contributed by atoms with Gasteiger partial charge in [-0.1, -0.05) is 31.0 Å². The molecule has 0 aliphatic rings. The molecule has 1 heterocycles. The molecule has 3 N–H and O–H groups in total. The number of rotatable bonds is 10. The number of aromatic amines is 1. The highest BCUT2D eigenvalue weighted by Crippen LogP contribution is 2.24. The zero-order valence-corrected chi connectivity index (χ0v) is 17.1. The Morgan fingerprint density at radius 3 is 2.48 bits per heavy atom. The molecule has 0 saturated carbocycles. The third kappa shape index (κ3) is 6.24. The summed E-state index contributed by atoms with van der Waals surface area (Å²) in [6.07, 6.45) is 5.16. The number of imidazole rings is 1. The van der Waals surface area contributed by atoms with Crippen LogP contribution in [-0.2, 0) is 15.6 Å². The third-order valence-electron chi connectivity index (χ3n) is 4.73. The number of nitrogens with one attached hydrogen (secondary N) is 1. The highest BCUT2D eigenvalue weighted by molar-refractivity contribution is 7.90. The SMILES string of the molecule is NCCCCCCS(=O)(=O)Cc1cccc(-c2cnc(-c3ccc(F)cc3)[nH]2)c1. The molecule has 0 saturated heterocycles. The first-order valence-electron chi connectivity index (χ1n) is 9.77. The van der Waals surface area contributed by atoms with E-state index in [1.807, 2.05) is 24.3 Å². The lowest BCUT2D eigenvalue weighted by Gasteiger charge is -2.06. The van der Waals surface area contributed by atoms with Gasteiger partial charge in [-0.3, -0.25) is 0 Å². The lowest BCUT2D eigenvalue weighted by molar-refractivity contribution is 0.587. The van der Waals surface area contributed by atoms with Crippen LogP contribution in [-0.4, -0.2) is 30.7 Å². The maximum absolute atomic E-state index is 13.1. The van der Waals surface area contributed by atoms with E-state index in [1.54, 1.807) is 18.3 Å². The number of nitrogens with zero attached hydrogens (tertiary/aromatic N) is 1. The summed E-state index contributed by atoms with van der Waals surface area (Å²) in [5.41, 5.74) is 8.64. The summed E-state index contributed by atoms with van der Waals surface area (Å²) in [7, 11) is -3.16. The summed E-state index contributed by atoms with van der Waals surface area (Å²) in [5.74, 6) is 0.557. The van der Waals surface area contributed by atoms with Crippen molar-refractivity contribution in [1.29, 1.82) is 0 Å². The molecule has 0 unspecified atom stereocenters. The number of benzene rings is 2. The van der Waals surface area contributed by atoms with Crippen LogP contribution in [0.25, 0.3) is 22.6 Å². The molecule has 154 valence electrons. The summed E-state index contributed by atoms with van der Waals surface area (Å²) in [6, 6.07) is 13.5. The highest BCUT2D eigenvalue weighted by Gasteiger charge is 2.13. The van der Waals surface area contributed by atoms with E-state index < -0.39 is 9.84 Å². The molecule has 0 spiro atoms. The van der Waals surface area contributed by atoms with E-state index in [2.05, 4.69) is 9.97 Å². The van der Waals surface area contributed by atoms with E-state index in [4.69, 9.17) is 5.73 Å². The van der Waals surface area contributed by atoms with E-state index in [1.165, 1.54) is 12.1 Å². The number of halogens is 1. The quantitative estimate of drug-likeness (QED) is 0.483. The Bertz CT molecular complexity index is 1030. The lowest BCUT2D eigenvalue weighted by Crippen LogP contribution is -2.09. The molecule has 0 aliphatic heterocycles. The summed E-state index contributed by atoms with van der Waals surface area (Å²) in [4.78, 5) is 7.57. The Balaban J connectivity index is 1.67. The largest absolute Gasteiger partial charge is 0.338 e. The molecule has 2 aromatic carbocycles. The van der Waals surface area contributed by atoms with E-state index in [9.17, 15) is 12.8 Å². The van der Waals surface area contributed by atoms with Crippen molar-refractivity contribution in [2.75, 3.05) is 12.3 Å². The topological polar surface area (TPSA) is 88.8 Å². The van der Waals surface area contributed by atoms with Gasteiger partial charge in [0.25, 0.3) is 0 Å². The Hall–Kier alpha value is -2.51. The molecular weight excluding hydrogens is 389 g/mol. The van der Waals surface area contributed by atoms with Crippen molar-refractivity contribution in [3.8, 4) is 22.6 Å². The smallest absolute Gasteiger partial charge is 0.154 e. The van der Waals surface area contributed by atoms with Crippen LogP contribution < -0.4 is 5.73 Å². The van der Waals surface area contributed by atoms with Crippen LogP contribution in [0.5, 0.6) is 0 Å². The maximum Gasteiger partial charge on any atom is 0.154 e. The van der Waals surface area contributed by atoms with Gasteiger partial charge in [0.2, 0.25) is 0 Å². The molecule has 5 nitrogen and oxygen atoms in total. The van der Waals surface area contributed by atoms with E-state index in [0.29, 0.717) is 18.8 Å². The number of unbranched alkanes of at least 4 members (excludes halogenated alkanes) is 3. The first-order valence-corrected chi connectivity index (χ1v) is 11.6. The predicted molar refractivity (Wildman–Crippen MR) is 114 cm³/mol. The number of nitrogens with two attached hydrogens (primary N) is 1. The fourth-order valence-corrected chi connectivity index (χ4v) is 4.67. The molecule has 29 heavy (non-hydrogen) atoms. The van der Waals surface area contributed by atoms with Crippen molar-refractivity contribution in [3.05, 3.63) is 66.1 Å². The van der Waals surface area contributed by atoms with Gasteiger partial charge in [-0.2, -0.15) is 0 Å². The molecule has 3 rings (SSSR count). The van der Waals surface area contributed by atoms with Gasteiger partial charge in [-0.05, 0) is 60.8 Å². The second kappa shape index (κ2) is 9.80. The molecule has 0 fully saturated rings. The average molecular weight is 416 g/mol. The molecule has 0 amide bonds. The van der Waals surface area contributed by atoms with Crippen LogP contribution in [0.2, 0.25) is 0 Å². The number of aromatic nitrogens is 2. The van der Waals surface area contributed by atoms with Crippen LogP contribution in [0, 0.1) is 5.82 Å². The first-order chi connectivity index (χ1) is 14.0. The number of hydrogen-bond donors (Lipinski definition) is 2. The van der Waals surface area contributed by atoms with E-state index in [-0.39, 0.29) is 17.3 Å². The third-order valence-corrected chi connectivity index (χ3v) is 6.41. The normalized spacial score (nSPS) is 11.7. The Morgan fingerprint density at radius 1 is 0.966 bits per heavy atom. The van der Waals surface area contributed by atoms with Crippen molar-refractivity contribution in [2.45, 2.75) is 31.4 Å². The van der Waals surface area contributed by atoms with Gasteiger partial charge in [0, 0.05) is 5.56 Å². The van der Waals surface area contributed by atoms with Crippen LogP contribution in [0.4, 0.5) is 4.39 Å². The summed E-state index contributed by atoms with van der Waals surface area (Å²) in [5, 5.41) is 0. The predicted octanol–water partition coefficient (Wildman–Crippen LogP) is 4.32. The zero-order valence-electron chi connectivity index (χ0n) is 16.3. The van der Waals surface area contributed by atoms with Crippen LogP contribution >= 0.6 is 0 Å². The summed E-state index contributed by atoms with van der Waals surface area (Å²) in [6.45, 7) is 0.649. The van der Waals surface area contributed by atoms with Gasteiger partial charge in [-0.15, -0.1) is 0 Å². The lowest BCUT2D eigenvalue weighted by atomic mass is 10.1. The minimum atomic E-state index is -3.16. The fraction of sp³-hybridized carbons (Fsp3) is 0.318. The molecule has 7 heteroatoms. The van der Waals surface area contributed by atoms with E-state index >= 15 is 0 Å². The van der Waals surface area contributed by atoms with Gasteiger partial charge in [0.05, 0.1) is 23.4 Å². The monoisotopic (exact) mass is 415 g/mol. The first kappa shape index (κ1) is 21.2. The molecule has 0 atom stereocenters. The van der Waals surface area contributed by atoms with Gasteiger partial charge in [0.15, 0.2) is 9.84 Å². The van der Waals surface area contributed by atoms with Crippen molar-refractivity contribution in [3.63, 3.8) is 0 Å². The standard InChI is InChI=1S/C22H26FN3O2S/c23-20-10-8-18(9-11-20)22-25-15-21(26-22)19-7-5-6-17(14-19)16-29(27,28)13-4-2-1-3-12-24/h5-11,14-15H,1-4,12-13,16,24H2,(H,25,26). The second-order valence-electron chi connectivity index (χ2n) is 7.15. The van der Waals surface area contributed by atoms with Gasteiger partial charge in [0.1, 0.15) is 11.6 Å². The summed E-state index contributed by atoms with van der Waals surface area (Å²) >= 11 is 0. The van der Waals surface area contributed by atoms with Crippen molar-refractivity contribution >= 4 is 9.84 Å². The molecule has 0 bridgehead atoms. The average Bonchev–Trinajstić information content (AvgIpc) is 3.18. The fourth-order valence-electron chi connectivity index (χ4n) is 3.20.